The Morgan fingerprint density at radius 3 is 2.56 bits per heavy atom. The van der Waals surface area contributed by atoms with E-state index < -0.39 is 17.7 Å². The molecule has 8 nitrogen and oxygen atoms in total. The van der Waals surface area contributed by atoms with Gasteiger partial charge in [0.25, 0.3) is 5.78 Å². The number of hydrogen-bond acceptors (Lipinski definition) is 8. The Balaban J connectivity index is 1.48. The summed E-state index contributed by atoms with van der Waals surface area (Å²) < 4.78 is 18.1. The van der Waals surface area contributed by atoms with E-state index in [1.165, 1.54) is 16.2 Å². The Bertz CT molecular complexity index is 1690. The van der Waals surface area contributed by atoms with Crippen LogP contribution in [0.15, 0.2) is 60.2 Å². The van der Waals surface area contributed by atoms with E-state index in [1.807, 2.05) is 50.2 Å². The topological polar surface area (TPSA) is 98.2 Å². The number of amides is 1. The number of benzene rings is 3. The highest BCUT2D eigenvalue weighted by Crippen LogP contribution is 2.45. The Labute approximate surface area is 241 Å². The lowest BCUT2D eigenvalue weighted by atomic mass is 9.95. The third kappa shape index (κ3) is 4.91. The summed E-state index contributed by atoms with van der Waals surface area (Å²) in [6.45, 7) is 7.50. The number of Topliss-reactive ketones (excluding diaryl/α,β-unsaturated/α-hetero) is 1. The third-order valence-corrected chi connectivity index (χ3v) is 8.25. The van der Waals surface area contributed by atoms with Crippen LogP contribution in [-0.4, -0.2) is 41.6 Å². The summed E-state index contributed by atoms with van der Waals surface area (Å²) in [5.41, 5.74) is 3.84. The zero-order valence-corrected chi connectivity index (χ0v) is 23.9. The fourth-order valence-electron chi connectivity index (χ4n) is 5.23. The van der Waals surface area contributed by atoms with Crippen LogP contribution in [0.25, 0.3) is 16.0 Å². The molecule has 3 aromatic carbocycles. The van der Waals surface area contributed by atoms with E-state index in [9.17, 15) is 14.7 Å². The first-order valence-corrected chi connectivity index (χ1v) is 14.5. The minimum Gasteiger partial charge on any atom is -0.507 e. The number of anilines is 1. The van der Waals surface area contributed by atoms with Crippen molar-refractivity contribution in [2.75, 3.05) is 24.7 Å². The molecular formula is C32H30N2O6S. The van der Waals surface area contributed by atoms with Crippen LogP contribution in [-0.2, 0) is 9.59 Å². The molecule has 1 amide bonds. The summed E-state index contributed by atoms with van der Waals surface area (Å²) in [4.78, 5) is 33.5. The number of aromatic nitrogens is 1. The first kappa shape index (κ1) is 26.8. The summed E-state index contributed by atoms with van der Waals surface area (Å²) in [7, 11) is 0. The second-order valence-electron chi connectivity index (χ2n) is 10.2. The molecule has 1 atom stereocenters. The predicted molar refractivity (Wildman–Crippen MR) is 158 cm³/mol. The van der Waals surface area contributed by atoms with Crippen LogP contribution in [0.4, 0.5) is 5.13 Å². The lowest BCUT2D eigenvalue weighted by Crippen LogP contribution is -2.29. The van der Waals surface area contributed by atoms with Gasteiger partial charge >= 0.3 is 5.91 Å². The minimum absolute atomic E-state index is 0.0153. The Morgan fingerprint density at radius 1 is 1.05 bits per heavy atom. The Morgan fingerprint density at radius 2 is 1.80 bits per heavy atom. The summed E-state index contributed by atoms with van der Waals surface area (Å²) in [6, 6.07) is 15.4. The predicted octanol–water partition coefficient (Wildman–Crippen LogP) is 6.49. The number of nitrogens with zero attached hydrogens (tertiary/aromatic N) is 2. The molecule has 2 aliphatic rings. The molecule has 6 rings (SSSR count). The number of ether oxygens (including phenoxy) is 3. The smallest absolute Gasteiger partial charge is 0.301 e. The number of aryl methyl sites for hydroxylation is 2. The molecule has 0 bridgehead atoms. The molecule has 9 heteroatoms. The van der Waals surface area contributed by atoms with Crippen molar-refractivity contribution in [1.29, 1.82) is 0 Å². The molecule has 2 aliphatic heterocycles. The van der Waals surface area contributed by atoms with Crippen LogP contribution in [0.1, 0.15) is 48.1 Å². The lowest BCUT2D eigenvalue weighted by Gasteiger charge is -2.23. The van der Waals surface area contributed by atoms with Gasteiger partial charge in [0.1, 0.15) is 24.7 Å². The molecule has 210 valence electrons. The van der Waals surface area contributed by atoms with E-state index in [1.54, 1.807) is 18.2 Å². The number of ketones is 1. The van der Waals surface area contributed by atoms with Gasteiger partial charge in [0.2, 0.25) is 0 Å². The molecule has 1 saturated heterocycles. The molecule has 4 aromatic rings. The summed E-state index contributed by atoms with van der Waals surface area (Å²) in [5.74, 6) is -0.0924. The first-order chi connectivity index (χ1) is 19.9. The van der Waals surface area contributed by atoms with Gasteiger partial charge in [-0.15, -0.1) is 0 Å². The molecule has 0 aliphatic carbocycles. The maximum Gasteiger partial charge on any atom is 0.301 e. The number of rotatable bonds is 7. The average Bonchev–Trinajstić information content (AvgIpc) is 3.51. The molecule has 3 heterocycles. The van der Waals surface area contributed by atoms with Crippen molar-refractivity contribution < 1.29 is 28.9 Å². The van der Waals surface area contributed by atoms with Crippen LogP contribution in [0, 0.1) is 13.8 Å². The molecule has 0 spiro atoms. The minimum atomic E-state index is -0.894. The van der Waals surface area contributed by atoms with Crippen molar-refractivity contribution in [3.8, 4) is 17.2 Å². The van der Waals surface area contributed by atoms with Crippen molar-refractivity contribution in [1.82, 2.24) is 4.98 Å². The number of thiazole rings is 1. The fourth-order valence-corrected chi connectivity index (χ4v) is 6.40. The summed E-state index contributed by atoms with van der Waals surface area (Å²) >= 11 is 1.35. The number of carbonyl (C=O) groups is 2. The second kappa shape index (κ2) is 10.9. The monoisotopic (exact) mass is 570 g/mol. The number of aliphatic hydroxyl groups excluding tert-OH is 1. The van der Waals surface area contributed by atoms with Crippen LogP contribution >= 0.6 is 11.3 Å². The normalized spacial score (nSPS) is 17.8. The molecular weight excluding hydrogens is 540 g/mol. The molecule has 1 aromatic heterocycles. The van der Waals surface area contributed by atoms with Crippen molar-refractivity contribution in [2.24, 2.45) is 0 Å². The van der Waals surface area contributed by atoms with Gasteiger partial charge in [-0.3, -0.25) is 14.5 Å². The van der Waals surface area contributed by atoms with Crippen LogP contribution in [0.3, 0.4) is 0 Å². The number of unbranched alkanes of at least 4 members (excludes halogenated alkanes) is 1. The van der Waals surface area contributed by atoms with Crippen LogP contribution in [0.2, 0.25) is 0 Å². The molecule has 41 heavy (non-hydrogen) atoms. The highest BCUT2D eigenvalue weighted by molar-refractivity contribution is 7.22. The van der Waals surface area contributed by atoms with E-state index in [4.69, 9.17) is 19.2 Å². The zero-order valence-electron chi connectivity index (χ0n) is 23.1. The van der Waals surface area contributed by atoms with Gasteiger partial charge in [-0.05, 0) is 73.4 Å². The van der Waals surface area contributed by atoms with E-state index in [0.29, 0.717) is 53.3 Å². The van der Waals surface area contributed by atoms with Crippen LogP contribution < -0.4 is 19.1 Å². The number of carbonyl (C=O) groups excluding carboxylic acids is 2. The largest absolute Gasteiger partial charge is 0.507 e. The van der Waals surface area contributed by atoms with Gasteiger partial charge in [0.05, 0.1) is 28.4 Å². The SMILES string of the molecule is CCCCOc1ccc(C2/C(=C(\O)c3ccc4c(c3)OCCO4)C(=O)C(=O)N2c2nc3c(C)cc(C)cc3s2)cc1. The fraction of sp³-hybridized carbons (Fsp3) is 0.281. The first-order valence-electron chi connectivity index (χ1n) is 13.7. The van der Waals surface area contributed by atoms with E-state index in [2.05, 4.69) is 6.92 Å². The van der Waals surface area contributed by atoms with Crippen molar-refractivity contribution in [3.05, 3.63) is 82.4 Å². The van der Waals surface area contributed by atoms with Crippen LogP contribution in [0.5, 0.6) is 17.2 Å². The second-order valence-corrected chi connectivity index (χ2v) is 11.2. The Hall–Kier alpha value is -4.37. The lowest BCUT2D eigenvalue weighted by molar-refractivity contribution is -0.132. The van der Waals surface area contributed by atoms with Gasteiger partial charge in [-0.25, -0.2) is 4.98 Å². The maximum atomic E-state index is 13.7. The zero-order chi connectivity index (χ0) is 28.7. The standard InChI is InChI=1S/C32H30N2O6S/c1-4-5-12-38-22-9-6-20(7-10-22)28-26(29(35)21-8-11-23-24(17-21)40-14-13-39-23)30(36)31(37)34(28)32-33-27-19(3)15-18(2)16-25(27)41-32/h6-11,15-17,28,35H,4-5,12-14H2,1-3H3/b29-26+. The van der Waals surface area contributed by atoms with Crippen molar-refractivity contribution in [2.45, 2.75) is 39.7 Å². The molecule has 0 radical (unpaired) electrons. The van der Waals surface area contributed by atoms with Gasteiger partial charge < -0.3 is 19.3 Å². The number of hydrogen-bond donors (Lipinski definition) is 1. The highest BCUT2D eigenvalue weighted by atomic mass is 32.1. The van der Waals surface area contributed by atoms with Gasteiger partial charge in [-0.2, -0.15) is 0 Å². The Kier molecular flexibility index (Phi) is 7.13. The van der Waals surface area contributed by atoms with Crippen molar-refractivity contribution in [3.63, 3.8) is 0 Å². The highest BCUT2D eigenvalue weighted by Gasteiger charge is 2.48. The quantitative estimate of drug-likeness (QED) is 0.117. The third-order valence-electron chi connectivity index (χ3n) is 7.25. The van der Waals surface area contributed by atoms with Gasteiger partial charge in [0, 0.05) is 5.56 Å². The van der Waals surface area contributed by atoms with E-state index >= 15 is 0 Å². The molecule has 1 N–H and O–H groups in total. The molecule has 0 saturated carbocycles. The van der Waals surface area contributed by atoms with E-state index in [0.717, 1.165) is 34.2 Å². The summed E-state index contributed by atoms with van der Waals surface area (Å²) in [5, 5.41) is 12.0. The molecule has 1 fully saturated rings. The average molecular weight is 571 g/mol. The maximum absolute atomic E-state index is 13.7. The molecule has 1 unspecified atom stereocenters. The van der Waals surface area contributed by atoms with Gasteiger partial charge in [0.15, 0.2) is 16.6 Å². The van der Waals surface area contributed by atoms with Crippen molar-refractivity contribution >= 4 is 44.1 Å². The number of aliphatic hydroxyl groups is 1. The van der Waals surface area contributed by atoms with E-state index in [-0.39, 0.29) is 11.3 Å². The van der Waals surface area contributed by atoms with Gasteiger partial charge in [-0.1, -0.05) is 42.9 Å². The number of fused-ring (bicyclic) bond motifs is 2. The summed E-state index contributed by atoms with van der Waals surface area (Å²) in [6.07, 6.45) is 1.96.